The van der Waals surface area contributed by atoms with Crippen molar-refractivity contribution >= 4 is 39.1 Å². The molecule has 6 rings (SSSR count). The van der Waals surface area contributed by atoms with Crippen molar-refractivity contribution in [2.75, 3.05) is 11.4 Å². The number of benzene rings is 3. The van der Waals surface area contributed by atoms with Crippen LogP contribution in [0, 0.1) is 5.92 Å². The molecule has 4 heteroatoms. The zero-order valence-electron chi connectivity index (χ0n) is 26.9. The number of aromatic nitrogens is 1. The Balaban J connectivity index is 1.38. The van der Waals surface area contributed by atoms with Crippen LogP contribution in [-0.4, -0.2) is 12.3 Å². The molecule has 0 amide bonds. The van der Waals surface area contributed by atoms with E-state index in [0.29, 0.717) is 18.6 Å². The predicted molar refractivity (Wildman–Crippen MR) is 191 cm³/mol. The molecule has 4 aromatic rings. The van der Waals surface area contributed by atoms with Gasteiger partial charge in [-0.15, -0.1) is 0 Å². The fourth-order valence-electron chi connectivity index (χ4n) is 6.92. The van der Waals surface area contributed by atoms with Crippen LogP contribution >= 0.6 is 11.3 Å². The first-order valence-electron chi connectivity index (χ1n) is 16.6. The summed E-state index contributed by atoms with van der Waals surface area (Å²) in [6, 6.07) is 26.2. The van der Waals surface area contributed by atoms with E-state index in [2.05, 4.69) is 146 Å². The van der Waals surface area contributed by atoms with E-state index in [4.69, 9.17) is 0 Å². The molecule has 2 aliphatic rings. The van der Waals surface area contributed by atoms with Crippen LogP contribution < -0.4 is 9.47 Å². The first-order valence-corrected chi connectivity index (χ1v) is 17.4. The van der Waals surface area contributed by atoms with Gasteiger partial charge in [-0.25, -0.2) is 0 Å². The van der Waals surface area contributed by atoms with Gasteiger partial charge in [-0.1, -0.05) is 116 Å². The predicted octanol–water partition coefficient (Wildman–Crippen LogP) is 10.1. The van der Waals surface area contributed by atoms with Crippen molar-refractivity contribution in [3.05, 3.63) is 126 Å². The Hall–Kier alpha value is -4.02. The summed E-state index contributed by atoms with van der Waals surface area (Å²) in [4.78, 5) is 15.9. The molecule has 0 saturated carbocycles. The number of carbonyl (C=O) groups excluding carboxylic acids is 1. The van der Waals surface area contributed by atoms with E-state index in [0.717, 1.165) is 19.4 Å². The van der Waals surface area contributed by atoms with Crippen molar-refractivity contribution < 1.29 is 9.36 Å². The number of Topliss-reactive ketones (excluding diaryl/α,β-unsaturated/α-hetero) is 1. The lowest BCUT2D eigenvalue weighted by Crippen LogP contribution is -2.30. The molecule has 2 heterocycles. The van der Waals surface area contributed by atoms with Crippen molar-refractivity contribution in [3.8, 4) is 11.1 Å². The first-order chi connectivity index (χ1) is 22.0. The monoisotopic (exact) mass is 613 g/mol. The molecular weight excluding hydrogens is 569 g/mol. The standard InChI is InChI=1S/C41H45N2OS/c1-4-5-6-14-28-43-36-25-24-33(32-18-8-7-9-19-32)30-35(36)41(2,27-26-34(44)29-31-16-10-11-17-31)39(43)22-15-23-40-42(3)37-20-12-13-21-38(37)45-40/h7-13,15-25,30-31H,4-6,14,26-29H2,1-3H3/q+1. The Kier molecular flexibility index (Phi) is 9.61. The number of hydrogen-bond acceptors (Lipinski definition) is 3. The third-order valence-electron chi connectivity index (χ3n) is 9.54. The number of para-hydroxylation sites is 1. The van der Waals surface area contributed by atoms with Gasteiger partial charge in [0.15, 0.2) is 0 Å². The highest BCUT2D eigenvalue weighted by Crippen LogP contribution is 2.52. The lowest BCUT2D eigenvalue weighted by Gasteiger charge is -2.30. The second kappa shape index (κ2) is 14.0. The summed E-state index contributed by atoms with van der Waals surface area (Å²) in [7, 11) is 2.15. The van der Waals surface area contributed by atoms with E-state index in [9.17, 15) is 4.79 Å². The number of fused-ring (bicyclic) bond motifs is 2. The van der Waals surface area contributed by atoms with E-state index >= 15 is 0 Å². The zero-order chi connectivity index (χ0) is 31.2. The normalized spacial score (nSPS) is 18.6. The van der Waals surface area contributed by atoms with Crippen molar-refractivity contribution in [1.29, 1.82) is 0 Å². The fraction of sp³-hybridized carbons (Fsp3) is 0.317. The maximum atomic E-state index is 13.3. The molecule has 3 aromatic carbocycles. The molecule has 1 aliphatic carbocycles. The summed E-state index contributed by atoms with van der Waals surface area (Å²) in [5.41, 5.74) is 7.34. The third-order valence-corrected chi connectivity index (χ3v) is 10.7. The minimum atomic E-state index is -0.283. The number of thiazole rings is 1. The minimum Gasteiger partial charge on any atom is -0.344 e. The lowest BCUT2D eigenvalue weighted by atomic mass is 9.76. The minimum absolute atomic E-state index is 0.237. The first kappa shape index (κ1) is 31.0. The molecular formula is C41H45N2OS+. The van der Waals surface area contributed by atoms with Gasteiger partial charge in [0.05, 0.1) is 0 Å². The largest absolute Gasteiger partial charge is 0.344 e. The van der Waals surface area contributed by atoms with Gasteiger partial charge in [-0.05, 0) is 60.7 Å². The van der Waals surface area contributed by atoms with Gasteiger partial charge in [0.1, 0.15) is 17.5 Å². The number of nitrogens with zero attached hydrogens (tertiary/aromatic N) is 2. The van der Waals surface area contributed by atoms with E-state index in [1.54, 1.807) is 0 Å². The van der Waals surface area contributed by atoms with Gasteiger partial charge in [0.2, 0.25) is 5.52 Å². The van der Waals surface area contributed by atoms with Crippen LogP contribution in [0.4, 0.5) is 5.69 Å². The van der Waals surface area contributed by atoms with Crippen LogP contribution in [0.25, 0.3) is 27.4 Å². The zero-order valence-corrected chi connectivity index (χ0v) is 27.7. The van der Waals surface area contributed by atoms with Crippen molar-refractivity contribution in [1.82, 2.24) is 0 Å². The van der Waals surface area contributed by atoms with Crippen molar-refractivity contribution in [2.24, 2.45) is 13.0 Å². The topological polar surface area (TPSA) is 24.2 Å². The Morgan fingerprint density at radius 1 is 0.956 bits per heavy atom. The molecule has 0 radical (unpaired) electrons. The number of rotatable bonds is 13. The number of aryl methyl sites for hydroxylation is 1. The summed E-state index contributed by atoms with van der Waals surface area (Å²) in [5.74, 6) is 0.577. The van der Waals surface area contributed by atoms with Crippen LogP contribution in [0.5, 0.6) is 0 Å². The number of ketones is 1. The molecule has 1 aromatic heterocycles. The van der Waals surface area contributed by atoms with E-state index < -0.39 is 0 Å². The van der Waals surface area contributed by atoms with Gasteiger partial charge in [-0.2, -0.15) is 4.57 Å². The van der Waals surface area contributed by atoms with Gasteiger partial charge in [-0.3, -0.25) is 4.79 Å². The van der Waals surface area contributed by atoms with Crippen LogP contribution in [0.15, 0.2) is 115 Å². The SMILES string of the molecule is CCCCCCN1C(=CC=Cc2sc3ccccc3[n+]2C)C(C)(CCC(=O)CC2C=CC=C2)c2cc(-c3ccccc3)ccc21. The quantitative estimate of drug-likeness (QED) is 0.111. The highest BCUT2D eigenvalue weighted by atomic mass is 32.1. The highest BCUT2D eigenvalue weighted by Gasteiger charge is 2.43. The molecule has 1 unspecified atom stereocenters. The number of carbonyl (C=O) groups is 1. The summed E-state index contributed by atoms with van der Waals surface area (Å²) in [5, 5.41) is 1.22. The third kappa shape index (κ3) is 6.67. The molecule has 1 aliphatic heterocycles. The van der Waals surface area contributed by atoms with Crippen LogP contribution in [-0.2, 0) is 17.3 Å². The average Bonchev–Trinajstić information content (AvgIpc) is 3.75. The summed E-state index contributed by atoms with van der Waals surface area (Å²) < 4.78 is 3.57. The van der Waals surface area contributed by atoms with Gasteiger partial charge < -0.3 is 4.90 Å². The summed E-state index contributed by atoms with van der Waals surface area (Å²) in [6.45, 7) is 5.62. The smallest absolute Gasteiger partial charge is 0.262 e. The molecule has 0 saturated heterocycles. The highest BCUT2D eigenvalue weighted by molar-refractivity contribution is 7.18. The van der Waals surface area contributed by atoms with Crippen LogP contribution in [0.2, 0.25) is 0 Å². The Morgan fingerprint density at radius 2 is 1.73 bits per heavy atom. The molecule has 0 N–H and O–H groups in total. The molecule has 0 spiro atoms. The molecule has 0 bridgehead atoms. The number of hydrogen-bond donors (Lipinski definition) is 0. The van der Waals surface area contributed by atoms with Gasteiger partial charge in [0.25, 0.3) is 5.01 Å². The summed E-state index contributed by atoms with van der Waals surface area (Å²) in [6.07, 6.45) is 22.0. The maximum Gasteiger partial charge on any atom is 0.262 e. The molecule has 0 fully saturated rings. The molecule has 230 valence electrons. The molecule has 3 nitrogen and oxygen atoms in total. The van der Waals surface area contributed by atoms with Gasteiger partial charge >= 0.3 is 0 Å². The van der Waals surface area contributed by atoms with Crippen LogP contribution in [0.3, 0.4) is 0 Å². The fourth-order valence-corrected chi connectivity index (χ4v) is 7.98. The summed E-state index contributed by atoms with van der Waals surface area (Å²) >= 11 is 1.82. The maximum absolute atomic E-state index is 13.3. The second-order valence-corrected chi connectivity index (χ2v) is 13.8. The lowest BCUT2D eigenvalue weighted by molar-refractivity contribution is -0.642. The van der Waals surface area contributed by atoms with E-state index in [-0.39, 0.29) is 11.3 Å². The average molecular weight is 614 g/mol. The number of anilines is 1. The molecule has 1 atom stereocenters. The number of allylic oxidation sites excluding steroid dienone is 7. The second-order valence-electron chi connectivity index (χ2n) is 12.7. The van der Waals surface area contributed by atoms with Crippen LogP contribution in [0.1, 0.15) is 69.4 Å². The Labute approximate surface area is 272 Å². The van der Waals surface area contributed by atoms with E-state index in [1.165, 1.54) is 62.6 Å². The Bertz CT molecular complexity index is 1760. The molecule has 45 heavy (non-hydrogen) atoms. The van der Waals surface area contributed by atoms with E-state index in [1.807, 2.05) is 11.3 Å². The van der Waals surface area contributed by atoms with Crippen molar-refractivity contribution in [3.63, 3.8) is 0 Å². The van der Waals surface area contributed by atoms with Crippen molar-refractivity contribution in [2.45, 2.75) is 64.2 Å². The van der Waals surface area contributed by atoms with Gasteiger partial charge in [0, 0.05) is 54.2 Å². The number of unbranched alkanes of at least 4 members (excludes halogenated alkanes) is 3. The Morgan fingerprint density at radius 3 is 2.51 bits per heavy atom.